The Morgan fingerprint density at radius 1 is 1.07 bits per heavy atom. The van der Waals surface area contributed by atoms with Crippen LogP contribution in [0.15, 0.2) is 60.9 Å². The van der Waals surface area contributed by atoms with Gasteiger partial charge in [-0.15, -0.1) is 0 Å². The van der Waals surface area contributed by atoms with E-state index in [1.54, 1.807) is 13.3 Å². The molecule has 0 fully saturated rings. The zero-order chi connectivity index (χ0) is 19.8. The number of nitrogens with one attached hydrogen (secondary N) is 1. The molecule has 2 aromatic carbocycles. The van der Waals surface area contributed by atoms with Crippen molar-refractivity contribution in [3.05, 3.63) is 72.2 Å². The van der Waals surface area contributed by atoms with Gasteiger partial charge in [0.2, 0.25) is 0 Å². The molecule has 0 spiro atoms. The maximum Gasteiger partial charge on any atom is 0.271 e. The van der Waals surface area contributed by atoms with Gasteiger partial charge in [-0.3, -0.25) is 9.78 Å². The Balaban J connectivity index is 1.61. The van der Waals surface area contributed by atoms with Crippen LogP contribution >= 0.6 is 0 Å². The number of benzene rings is 2. The smallest absolute Gasteiger partial charge is 0.271 e. The fraction of sp³-hybridized carbons (Fsp3) is 0.227. The molecular formula is C22H23N3O3. The summed E-state index contributed by atoms with van der Waals surface area (Å²) in [6, 6.07) is 15.3. The van der Waals surface area contributed by atoms with Gasteiger partial charge in [0.1, 0.15) is 17.2 Å². The van der Waals surface area contributed by atoms with Gasteiger partial charge >= 0.3 is 0 Å². The van der Waals surface area contributed by atoms with E-state index in [2.05, 4.69) is 15.3 Å². The molecule has 28 heavy (non-hydrogen) atoms. The highest BCUT2D eigenvalue weighted by Gasteiger charge is 2.10. The van der Waals surface area contributed by atoms with Crippen LogP contribution in [0.25, 0.3) is 11.3 Å². The SMILES string of the molecule is CCOc1ccc(-c2cncc(C(=O)NCCc3cccc(OC)c3)n2)cc1. The molecule has 6 nitrogen and oxygen atoms in total. The summed E-state index contributed by atoms with van der Waals surface area (Å²) in [6.07, 6.45) is 3.82. The minimum Gasteiger partial charge on any atom is -0.497 e. The molecule has 6 heteroatoms. The largest absolute Gasteiger partial charge is 0.497 e. The highest BCUT2D eigenvalue weighted by molar-refractivity contribution is 5.92. The number of ether oxygens (including phenoxy) is 2. The number of amides is 1. The van der Waals surface area contributed by atoms with Gasteiger partial charge in [0.25, 0.3) is 5.91 Å². The van der Waals surface area contributed by atoms with Crippen molar-refractivity contribution in [2.24, 2.45) is 0 Å². The fourth-order valence-electron chi connectivity index (χ4n) is 2.74. The highest BCUT2D eigenvalue weighted by atomic mass is 16.5. The molecule has 0 atom stereocenters. The van der Waals surface area contributed by atoms with Crippen molar-refractivity contribution in [1.82, 2.24) is 15.3 Å². The fourth-order valence-corrected chi connectivity index (χ4v) is 2.74. The average Bonchev–Trinajstić information content (AvgIpc) is 2.75. The van der Waals surface area contributed by atoms with E-state index in [1.165, 1.54) is 6.20 Å². The van der Waals surface area contributed by atoms with Crippen molar-refractivity contribution >= 4 is 5.91 Å². The van der Waals surface area contributed by atoms with Gasteiger partial charge in [-0.2, -0.15) is 0 Å². The molecule has 0 aliphatic heterocycles. The number of rotatable bonds is 8. The van der Waals surface area contributed by atoms with E-state index >= 15 is 0 Å². The number of methoxy groups -OCH3 is 1. The van der Waals surface area contributed by atoms with Gasteiger partial charge in [-0.05, 0) is 55.3 Å². The van der Waals surface area contributed by atoms with Gasteiger partial charge < -0.3 is 14.8 Å². The first-order chi connectivity index (χ1) is 13.7. The molecular weight excluding hydrogens is 354 g/mol. The van der Waals surface area contributed by atoms with Gasteiger partial charge in [0.15, 0.2) is 0 Å². The van der Waals surface area contributed by atoms with Gasteiger partial charge in [0, 0.05) is 12.1 Å². The lowest BCUT2D eigenvalue weighted by atomic mass is 10.1. The molecule has 1 amide bonds. The predicted molar refractivity (Wildman–Crippen MR) is 108 cm³/mol. The number of nitrogens with zero attached hydrogens (tertiary/aromatic N) is 2. The van der Waals surface area contributed by atoms with Crippen LogP contribution in [-0.2, 0) is 6.42 Å². The molecule has 0 aliphatic rings. The zero-order valence-electron chi connectivity index (χ0n) is 16.0. The van der Waals surface area contributed by atoms with E-state index < -0.39 is 0 Å². The second-order valence-electron chi connectivity index (χ2n) is 6.10. The molecule has 3 aromatic rings. The molecule has 1 aromatic heterocycles. The van der Waals surface area contributed by atoms with Gasteiger partial charge in [-0.25, -0.2) is 4.98 Å². The summed E-state index contributed by atoms with van der Waals surface area (Å²) >= 11 is 0. The monoisotopic (exact) mass is 377 g/mol. The average molecular weight is 377 g/mol. The van der Waals surface area contributed by atoms with E-state index in [0.29, 0.717) is 25.3 Å². The van der Waals surface area contributed by atoms with Crippen molar-refractivity contribution in [2.75, 3.05) is 20.3 Å². The van der Waals surface area contributed by atoms with Crippen LogP contribution in [0.4, 0.5) is 0 Å². The number of carbonyl (C=O) groups is 1. The third kappa shape index (κ3) is 5.07. The number of aromatic nitrogens is 2. The summed E-state index contributed by atoms with van der Waals surface area (Å²) in [5.74, 6) is 1.35. The molecule has 0 saturated heterocycles. The van der Waals surface area contributed by atoms with E-state index in [-0.39, 0.29) is 11.6 Å². The Morgan fingerprint density at radius 2 is 1.89 bits per heavy atom. The predicted octanol–water partition coefficient (Wildman–Crippen LogP) is 3.52. The number of hydrogen-bond acceptors (Lipinski definition) is 5. The minimum atomic E-state index is -0.247. The van der Waals surface area contributed by atoms with Crippen molar-refractivity contribution in [3.63, 3.8) is 0 Å². The van der Waals surface area contributed by atoms with E-state index in [4.69, 9.17) is 9.47 Å². The molecule has 144 valence electrons. The molecule has 0 bridgehead atoms. The van der Waals surface area contributed by atoms with Gasteiger partial charge in [-0.1, -0.05) is 12.1 Å². The molecule has 0 aliphatic carbocycles. The summed E-state index contributed by atoms with van der Waals surface area (Å²) in [5, 5.41) is 2.89. The number of carbonyl (C=O) groups excluding carboxylic acids is 1. The van der Waals surface area contributed by atoms with Crippen LogP contribution in [0.1, 0.15) is 23.0 Å². The third-order valence-corrected chi connectivity index (χ3v) is 4.16. The number of hydrogen-bond donors (Lipinski definition) is 1. The van der Waals surface area contributed by atoms with Crippen molar-refractivity contribution < 1.29 is 14.3 Å². The molecule has 0 unspecified atom stereocenters. The van der Waals surface area contributed by atoms with E-state index in [1.807, 2.05) is 55.5 Å². The Hall–Kier alpha value is -3.41. The topological polar surface area (TPSA) is 73.3 Å². The lowest BCUT2D eigenvalue weighted by Gasteiger charge is -2.08. The molecule has 1 heterocycles. The Morgan fingerprint density at radius 3 is 2.64 bits per heavy atom. The van der Waals surface area contributed by atoms with Crippen molar-refractivity contribution in [1.29, 1.82) is 0 Å². The first-order valence-corrected chi connectivity index (χ1v) is 9.16. The molecule has 0 saturated carbocycles. The van der Waals surface area contributed by atoms with Crippen LogP contribution in [0.2, 0.25) is 0 Å². The van der Waals surface area contributed by atoms with Crippen LogP contribution in [0.5, 0.6) is 11.5 Å². The molecule has 3 rings (SSSR count). The molecule has 1 N–H and O–H groups in total. The minimum absolute atomic E-state index is 0.247. The summed E-state index contributed by atoms with van der Waals surface area (Å²) in [7, 11) is 1.64. The third-order valence-electron chi connectivity index (χ3n) is 4.16. The standard InChI is InChI=1S/C22H23N3O3/c1-3-28-18-9-7-17(8-10-18)20-14-23-15-21(25-20)22(26)24-12-11-16-5-4-6-19(13-16)27-2/h4-10,13-15H,3,11-12H2,1-2H3,(H,24,26). The Bertz CT molecular complexity index is 926. The summed E-state index contributed by atoms with van der Waals surface area (Å²) < 4.78 is 10.7. The van der Waals surface area contributed by atoms with Crippen molar-refractivity contribution in [3.8, 4) is 22.8 Å². The Kier molecular flexibility index (Phi) is 6.57. The Labute approximate surface area is 164 Å². The summed E-state index contributed by atoms with van der Waals surface area (Å²) in [6.45, 7) is 3.06. The summed E-state index contributed by atoms with van der Waals surface area (Å²) in [4.78, 5) is 21.0. The first-order valence-electron chi connectivity index (χ1n) is 9.16. The second kappa shape index (κ2) is 9.50. The summed E-state index contributed by atoms with van der Waals surface area (Å²) in [5.41, 5.74) is 2.90. The lowest BCUT2D eigenvalue weighted by molar-refractivity contribution is 0.0949. The van der Waals surface area contributed by atoms with Crippen LogP contribution in [0, 0.1) is 0 Å². The van der Waals surface area contributed by atoms with Crippen LogP contribution in [-0.4, -0.2) is 36.1 Å². The first kappa shape index (κ1) is 19.4. The van der Waals surface area contributed by atoms with Gasteiger partial charge in [0.05, 0.1) is 31.8 Å². The van der Waals surface area contributed by atoms with E-state index in [9.17, 15) is 4.79 Å². The normalized spacial score (nSPS) is 10.4. The van der Waals surface area contributed by atoms with Crippen molar-refractivity contribution in [2.45, 2.75) is 13.3 Å². The lowest BCUT2D eigenvalue weighted by Crippen LogP contribution is -2.26. The maximum absolute atomic E-state index is 12.4. The van der Waals surface area contributed by atoms with E-state index in [0.717, 1.165) is 22.6 Å². The molecule has 0 radical (unpaired) electrons. The quantitative estimate of drug-likeness (QED) is 0.650. The zero-order valence-corrected chi connectivity index (χ0v) is 16.0. The van der Waals surface area contributed by atoms with Crippen LogP contribution in [0.3, 0.4) is 0 Å². The van der Waals surface area contributed by atoms with Crippen LogP contribution < -0.4 is 14.8 Å². The highest BCUT2D eigenvalue weighted by Crippen LogP contribution is 2.20. The maximum atomic E-state index is 12.4. The second-order valence-corrected chi connectivity index (χ2v) is 6.10.